The lowest BCUT2D eigenvalue weighted by atomic mass is 10.1. The summed E-state index contributed by atoms with van der Waals surface area (Å²) < 4.78 is 5.22. The van der Waals surface area contributed by atoms with E-state index in [9.17, 15) is 4.79 Å². The van der Waals surface area contributed by atoms with Gasteiger partial charge in [-0.25, -0.2) is 0 Å². The van der Waals surface area contributed by atoms with Crippen LogP contribution in [-0.2, 0) is 6.42 Å². The normalized spacial score (nSPS) is 18.2. The lowest BCUT2D eigenvalue weighted by molar-refractivity contribution is 0.0485. The molecule has 0 N–H and O–H groups in total. The molecule has 130 valence electrons. The maximum Gasteiger partial charge on any atom is 0.289 e. The predicted octanol–water partition coefficient (Wildman–Crippen LogP) is 3.48. The molecule has 0 spiro atoms. The van der Waals surface area contributed by atoms with Gasteiger partial charge in [-0.05, 0) is 44.0 Å². The second-order valence-electron chi connectivity index (χ2n) is 6.20. The highest BCUT2D eigenvalue weighted by atomic mass is 35.5. The van der Waals surface area contributed by atoms with E-state index in [1.807, 2.05) is 4.90 Å². The van der Waals surface area contributed by atoms with Gasteiger partial charge in [0.15, 0.2) is 5.76 Å². The minimum atomic E-state index is 0. The van der Waals surface area contributed by atoms with E-state index in [-0.39, 0.29) is 18.3 Å². The van der Waals surface area contributed by atoms with Crippen LogP contribution >= 0.6 is 12.4 Å². The van der Waals surface area contributed by atoms with Gasteiger partial charge < -0.3 is 9.32 Å². The summed E-state index contributed by atoms with van der Waals surface area (Å²) in [5.41, 5.74) is 1.40. The first-order valence-corrected chi connectivity index (χ1v) is 8.35. The van der Waals surface area contributed by atoms with Crippen LogP contribution in [0.15, 0.2) is 53.1 Å². The number of hydrogen-bond acceptors (Lipinski definition) is 3. The molecular weight excluding hydrogens is 324 g/mol. The quantitative estimate of drug-likeness (QED) is 0.830. The Hall–Kier alpha value is -1.78. The van der Waals surface area contributed by atoms with Crippen molar-refractivity contribution in [2.45, 2.75) is 25.8 Å². The van der Waals surface area contributed by atoms with Crippen molar-refractivity contribution < 1.29 is 9.21 Å². The number of rotatable bonds is 5. The highest BCUT2D eigenvalue weighted by Gasteiger charge is 2.27. The monoisotopic (exact) mass is 348 g/mol. The summed E-state index contributed by atoms with van der Waals surface area (Å²) in [4.78, 5) is 16.7. The fourth-order valence-electron chi connectivity index (χ4n) is 3.20. The molecule has 1 amide bonds. The SMILES string of the molecule is CC1CN(C(=O)c2ccco2)CCN1CCCc1ccccc1.Cl. The van der Waals surface area contributed by atoms with E-state index in [4.69, 9.17) is 4.42 Å². The van der Waals surface area contributed by atoms with Crippen LogP contribution in [0.5, 0.6) is 0 Å². The van der Waals surface area contributed by atoms with Crippen molar-refractivity contribution in [3.05, 3.63) is 60.1 Å². The lowest BCUT2D eigenvalue weighted by Crippen LogP contribution is -2.53. The summed E-state index contributed by atoms with van der Waals surface area (Å²) in [5, 5.41) is 0. The van der Waals surface area contributed by atoms with Crippen molar-refractivity contribution in [2.24, 2.45) is 0 Å². The number of amides is 1. The van der Waals surface area contributed by atoms with Crippen molar-refractivity contribution in [3.8, 4) is 0 Å². The van der Waals surface area contributed by atoms with Crippen LogP contribution in [0.2, 0.25) is 0 Å². The number of halogens is 1. The molecular formula is C19H25ClN2O2. The van der Waals surface area contributed by atoms with E-state index >= 15 is 0 Å². The molecule has 4 nitrogen and oxygen atoms in total. The van der Waals surface area contributed by atoms with Crippen molar-refractivity contribution in [3.63, 3.8) is 0 Å². The molecule has 1 fully saturated rings. The Balaban J connectivity index is 0.00000208. The smallest absolute Gasteiger partial charge is 0.289 e. The second-order valence-corrected chi connectivity index (χ2v) is 6.20. The van der Waals surface area contributed by atoms with Gasteiger partial charge in [0.25, 0.3) is 5.91 Å². The zero-order valence-corrected chi connectivity index (χ0v) is 14.9. The molecule has 24 heavy (non-hydrogen) atoms. The van der Waals surface area contributed by atoms with Crippen molar-refractivity contribution in [1.29, 1.82) is 0 Å². The second kappa shape index (κ2) is 8.90. The zero-order valence-electron chi connectivity index (χ0n) is 14.1. The third kappa shape index (κ3) is 4.62. The van der Waals surface area contributed by atoms with Crippen LogP contribution in [0.25, 0.3) is 0 Å². The van der Waals surface area contributed by atoms with E-state index < -0.39 is 0 Å². The van der Waals surface area contributed by atoms with Crippen molar-refractivity contribution in [1.82, 2.24) is 9.80 Å². The van der Waals surface area contributed by atoms with Gasteiger partial charge in [0.2, 0.25) is 0 Å². The first-order valence-electron chi connectivity index (χ1n) is 8.35. The summed E-state index contributed by atoms with van der Waals surface area (Å²) in [6.45, 7) is 5.76. The van der Waals surface area contributed by atoms with E-state index in [0.29, 0.717) is 11.8 Å². The number of benzene rings is 1. The van der Waals surface area contributed by atoms with Crippen LogP contribution in [0.3, 0.4) is 0 Å². The van der Waals surface area contributed by atoms with Crippen LogP contribution in [0.4, 0.5) is 0 Å². The molecule has 2 aromatic rings. The number of hydrogen-bond donors (Lipinski definition) is 0. The number of carbonyl (C=O) groups is 1. The van der Waals surface area contributed by atoms with E-state index in [1.165, 1.54) is 5.56 Å². The Labute approximate surface area is 149 Å². The van der Waals surface area contributed by atoms with Gasteiger partial charge in [-0.1, -0.05) is 30.3 Å². The first-order chi connectivity index (χ1) is 11.2. The number of piperazine rings is 1. The molecule has 1 aromatic carbocycles. The van der Waals surface area contributed by atoms with E-state index in [1.54, 1.807) is 18.4 Å². The Kier molecular flexibility index (Phi) is 6.88. The molecule has 1 aliphatic rings. The van der Waals surface area contributed by atoms with Crippen LogP contribution in [0.1, 0.15) is 29.5 Å². The van der Waals surface area contributed by atoms with E-state index in [2.05, 4.69) is 42.2 Å². The van der Waals surface area contributed by atoms with Gasteiger partial charge in [-0.3, -0.25) is 9.69 Å². The van der Waals surface area contributed by atoms with E-state index in [0.717, 1.165) is 39.0 Å². The molecule has 2 heterocycles. The first kappa shape index (κ1) is 18.6. The largest absolute Gasteiger partial charge is 0.459 e. The summed E-state index contributed by atoms with van der Waals surface area (Å²) in [6, 6.07) is 14.5. The highest BCUT2D eigenvalue weighted by molar-refractivity contribution is 5.91. The van der Waals surface area contributed by atoms with Gasteiger partial charge >= 0.3 is 0 Å². The van der Waals surface area contributed by atoms with Crippen LogP contribution in [-0.4, -0.2) is 47.9 Å². The minimum Gasteiger partial charge on any atom is -0.459 e. The van der Waals surface area contributed by atoms with Gasteiger partial charge in [-0.15, -0.1) is 12.4 Å². The maximum absolute atomic E-state index is 12.3. The number of aryl methyl sites for hydroxylation is 1. The zero-order chi connectivity index (χ0) is 16.1. The van der Waals surface area contributed by atoms with Gasteiger partial charge in [0.05, 0.1) is 6.26 Å². The average molecular weight is 349 g/mol. The fourth-order valence-corrected chi connectivity index (χ4v) is 3.20. The molecule has 0 aliphatic carbocycles. The molecule has 1 aliphatic heterocycles. The topological polar surface area (TPSA) is 36.7 Å². The Morgan fingerprint density at radius 3 is 2.62 bits per heavy atom. The number of carbonyl (C=O) groups excluding carboxylic acids is 1. The summed E-state index contributed by atoms with van der Waals surface area (Å²) in [7, 11) is 0. The lowest BCUT2D eigenvalue weighted by Gasteiger charge is -2.39. The summed E-state index contributed by atoms with van der Waals surface area (Å²) >= 11 is 0. The number of furan rings is 1. The van der Waals surface area contributed by atoms with Crippen LogP contribution in [0, 0.1) is 0 Å². The van der Waals surface area contributed by atoms with Gasteiger partial charge in [-0.2, -0.15) is 0 Å². The molecule has 3 rings (SSSR count). The molecule has 5 heteroatoms. The number of nitrogens with zero attached hydrogens (tertiary/aromatic N) is 2. The third-order valence-electron chi connectivity index (χ3n) is 4.54. The Bertz CT molecular complexity index is 616. The molecule has 1 saturated heterocycles. The minimum absolute atomic E-state index is 0. The Morgan fingerprint density at radius 1 is 1.17 bits per heavy atom. The Morgan fingerprint density at radius 2 is 1.96 bits per heavy atom. The summed E-state index contributed by atoms with van der Waals surface area (Å²) in [6.07, 6.45) is 3.82. The molecule has 1 aromatic heterocycles. The van der Waals surface area contributed by atoms with Gasteiger partial charge in [0, 0.05) is 25.7 Å². The average Bonchev–Trinajstić information content (AvgIpc) is 3.11. The van der Waals surface area contributed by atoms with Gasteiger partial charge in [0.1, 0.15) is 0 Å². The standard InChI is InChI=1S/C19H24N2O2.ClH/c1-16-15-21(19(22)18-10-6-14-23-18)13-12-20(16)11-5-9-17-7-3-2-4-8-17;/h2-4,6-8,10,14,16H,5,9,11-13,15H2,1H3;1H. The highest BCUT2D eigenvalue weighted by Crippen LogP contribution is 2.14. The summed E-state index contributed by atoms with van der Waals surface area (Å²) in [5.74, 6) is 0.445. The molecule has 1 atom stereocenters. The molecule has 0 radical (unpaired) electrons. The molecule has 0 saturated carbocycles. The maximum atomic E-state index is 12.3. The van der Waals surface area contributed by atoms with Crippen LogP contribution < -0.4 is 0 Å². The van der Waals surface area contributed by atoms with Crippen molar-refractivity contribution in [2.75, 3.05) is 26.2 Å². The predicted molar refractivity (Wildman–Crippen MR) is 97.7 cm³/mol. The third-order valence-corrected chi connectivity index (χ3v) is 4.54. The fraction of sp³-hybridized carbons (Fsp3) is 0.421. The molecule has 0 bridgehead atoms. The molecule has 1 unspecified atom stereocenters. The van der Waals surface area contributed by atoms with Crippen molar-refractivity contribution >= 4 is 18.3 Å².